The van der Waals surface area contributed by atoms with Gasteiger partial charge in [-0.15, -0.1) is 0 Å². The molecule has 0 aliphatic heterocycles. The van der Waals surface area contributed by atoms with E-state index < -0.39 is 6.43 Å². The fourth-order valence-corrected chi connectivity index (χ4v) is 1.58. The Kier molecular flexibility index (Phi) is 3.98. The van der Waals surface area contributed by atoms with Gasteiger partial charge in [-0.2, -0.15) is 0 Å². The SMILES string of the molecule is CCC(C)c1cc(Br)cc(C(F)F)n1. The van der Waals surface area contributed by atoms with Crippen LogP contribution in [-0.4, -0.2) is 4.98 Å². The molecule has 0 N–H and O–H groups in total. The molecule has 1 aromatic rings. The van der Waals surface area contributed by atoms with E-state index in [1.807, 2.05) is 13.8 Å². The number of pyridine rings is 1. The Bertz CT molecular complexity index is 315. The van der Waals surface area contributed by atoms with Crippen LogP contribution >= 0.6 is 15.9 Å². The van der Waals surface area contributed by atoms with E-state index in [9.17, 15) is 8.78 Å². The van der Waals surface area contributed by atoms with Gasteiger partial charge in [-0.05, 0) is 24.5 Å². The summed E-state index contributed by atoms with van der Waals surface area (Å²) in [5.74, 6) is 0.213. The fourth-order valence-electron chi connectivity index (χ4n) is 1.11. The van der Waals surface area contributed by atoms with E-state index in [-0.39, 0.29) is 11.6 Å². The predicted molar refractivity (Wildman–Crippen MR) is 55.6 cm³/mol. The van der Waals surface area contributed by atoms with Crippen molar-refractivity contribution in [3.63, 3.8) is 0 Å². The fraction of sp³-hybridized carbons (Fsp3) is 0.500. The second-order valence-electron chi connectivity index (χ2n) is 3.25. The molecule has 0 saturated heterocycles. The quantitative estimate of drug-likeness (QED) is 0.793. The van der Waals surface area contributed by atoms with Crippen LogP contribution < -0.4 is 0 Å². The monoisotopic (exact) mass is 263 g/mol. The van der Waals surface area contributed by atoms with Crippen LogP contribution in [0.2, 0.25) is 0 Å². The molecule has 0 aliphatic carbocycles. The van der Waals surface area contributed by atoms with Crippen molar-refractivity contribution in [1.82, 2.24) is 4.98 Å². The molecule has 1 nitrogen and oxygen atoms in total. The maximum atomic E-state index is 12.4. The average Bonchev–Trinajstić information content (AvgIpc) is 2.15. The molecule has 0 radical (unpaired) electrons. The first-order chi connectivity index (χ1) is 6.54. The van der Waals surface area contributed by atoms with Gasteiger partial charge in [0.2, 0.25) is 0 Å². The molecule has 0 aromatic carbocycles. The van der Waals surface area contributed by atoms with E-state index in [0.717, 1.165) is 12.1 Å². The van der Waals surface area contributed by atoms with Crippen molar-refractivity contribution in [2.75, 3.05) is 0 Å². The summed E-state index contributed by atoms with van der Waals surface area (Å²) < 4.78 is 25.5. The highest BCUT2D eigenvalue weighted by Gasteiger charge is 2.13. The van der Waals surface area contributed by atoms with Crippen molar-refractivity contribution >= 4 is 15.9 Å². The highest BCUT2D eigenvalue weighted by Crippen LogP contribution is 2.25. The molecule has 0 bridgehead atoms. The molecule has 1 unspecified atom stereocenters. The average molecular weight is 264 g/mol. The molecule has 0 fully saturated rings. The Morgan fingerprint density at radius 2 is 1.93 bits per heavy atom. The summed E-state index contributed by atoms with van der Waals surface area (Å²) in [5.41, 5.74) is 0.562. The number of aromatic nitrogens is 1. The van der Waals surface area contributed by atoms with E-state index in [1.165, 1.54) is 6.07 Å². The van der Waals surface area contributed by atoms with E-state index in [2.05, 4.69) is 20.9 Å². The Morgan fingerprint density at radius 3 is 2.43 bits per heavy atom. The molecule has 0 aliphatic rings. The van der Waals surface area contributed by atoms with Crippen molar-refractivity contribution in [3.05, 3.63) is 28.0 Å². The second kappa shape index (κ2) is 4.82. The third-order valence-corrected chi connectivity index (χ3v) is 2.63. The summed E-state index contributed by atoms with van der Waals surface area (Å²) in [6.07, 6.45) is -1.61. The van der Waals surface area contributed by atoms with Crippen LogP contribution in [0, 0.1) is 0 Å². The lowest BCUT2D eigenvalue weighted by Gasteiger charge is -2.10. The van der Waals surface area contributed by atoms with Crippen molar-refractivity contribution in [2.24, 2.45) is 0 Å². The van der Waals surface area contributed by atoms with E-state index in [0.29, 0.717) is 4.47 Å². The van der Waals surface area contributed by atoms with Crippen LogP contribution in [-0.2, 0) is 0 Å². The second-order valence-corrected chi connectivity index (χ2v) is 4.16. The molecule has 4 heteroatoms. The maximum absolute atomic E-state index is 12.4. The van der Waals surface area contributed by atoms with Gasteiger partial charge in [-0.3, -0.25) is 4.98 Å². The molecular formula is C10H12BrF2N. The molecule has 78 valence electrons. The standard InChI is InChI=1S/C10H12BrF2N/c1-3-6(2)8-4-7(11)5-9(14-8)10(12)13/h4-6,10H,3H2,1-2H3. The Hall–Kier alpha value is -0.510. The predicted octanol–water partition coefficient (Wildman–Crippen LogP) is 4.30. The summed E-state index contributed by atoms with van der Waals surface area (Å²) in [4.78, 5) is 3.92. The molecule has 1 aromatic heterocycles. The summed E-state index contributed by atoms with van der Waals surface area (Å²) >= 11 is 3.21. The first-order valence-electron chi connectivity index (χ1n) is 4.50. The van der Waals surface area contributed by atoms with Crippen LogP contribution in [0.15, 0.2) is 16.6 Å². The topological polar surface area (TPSA) is 12.9 Å². The number of halogens is 3. The first-order valence-corrected chi connectivity index (χ1v) is 5.29. The van der Waals surface area contributed by atoms with Crippen molar-refractivity contribution in [2.45, 2.75) is 32.6 Å². The lowest BCUT2D eigenvalue weighted by atomic mass is 10.0. The minimum Gasteiger partial charge on any atom is -0.252 e. The zero-order valence-corrected chi connectivity index (χ0v) is 9.68. The molecule has 1 atom stereocenters. The van der Waals surface area contributed by atoms with Gasteiger partial charge < -0.3 is 0 Å². The molecule has 1 rings (SSSR count). The minimum atomic E-state index is -2.50. The zero-order chi connectivity index (χ0) is 10.7. The van der Waals surface area contributed by atoms with Crippen LogP contribution in [0.3, 0.4) is 0 Å². The van der Waals surface area contributed by atoms with Gasteiger partial charge in [0.1, 0.15) is 5.69 Å². The molecule has 1 heterocycles. The summed E-state index contributed by atoms with van der Waals surface area (Å²) in [5, 5.41) is 0. The van der Waals surface area contributed by atoms with Crippen LogP contribution in [0.5, 0.6) is 0 Å². The van der Waals surface area contributed by atoms with Gasteiger partial charge in [0, 0.05) is 10.2 Å². The lowest BCUT2D eigenvalue weighted by molar-refractivity contribution is 0.145. The number of alkyl halides is 2. The molecule has 14 heavy (non-hydrogen) atoms. The van der Waals surface area contributed by atoms with E-state index in [4.69, 9.17) is 0 Å². The molecular weight excluding hydrogens is 252 g/mol. The first kappa shape index (κ1) is 11.6. The van der Waals surface area contributed by atoms with Crippen molar-refractivity contribution in [1.29, 1.82) is 0 Å². The normalized spacial score (nSPS) is 13.3. The number of hydrogen-bond acceptors (Lipinski definition) is 1. The summed E-state index contributed by atoms with van der Waals surface area (Å²) in [6, 6.07) is 3.15. The largest absolute Gasteiger partial charge is 0.280 e. The van der Waals surface area contributed by atoms with E-state index in [1.54, 1.807) is 6.07 Å². The Labute approximate surface area is 90.7 Å². The Balaban J connectivity index is 3.07. The van der Waals surface area contributed by atoms with Gasteiger partial charge in [0.05, 0.1) is 0 Å². The summed E-state index contributed by atoms with van der Waals surface area (Å²) in [6.45, 7) is 3.99. The van der Waals surface area contributed by atoms with E-state index >= 15 is 0 Å². The van der Waals surface area contributed by atoms with Gasteiger partial charge in [-0.1, -0.05) is 29.8 Å². The maximum Gasteiger partial charge on any atom is 0.280 e. The lowest BCUT2D eigenvalue weighted by Crippen LogP contribution is -2.00. The van der Waals surface area contributed by atoms with Crippen LogP contribution in [0.4, 0.5) is 8.78 Å². The third kappa shape index (κ3) is 2.74. The van der Waals surface area contributed by atoms with Gasteiger partial charge in [0.25, 0.3) is 6.43 Å². The van der Waals surface area contributed by atoms with Crippen molar-refractivity contribution < 1.29 is 8.78 Å². The zero-order valence-electron chi connectivity index (χ0n) is 8.10. The Morgan fingerprint density at radius 1 is 1.36 bits per heavy atom. The number of hydrogen-bond donors (Lipinski definition) is 0. The highest BCUT2D eigenvalue weighted by atomic mass is 79.9. The number of rotatable bonds is 3. The van der Waals surface area contributed by atoms with Crippen LogP contribution in [0.25, 0.3) is 0 Å². The van der Waals surface area contributed by atoms with Gasteiger partial charge >= 0.3 is 0 Å². The molecule has 0 saturated carbocycles. The third-order valence-electron chi connectivity index (χ3n) is 2.17. The van der Waals surface area contributed by atoms with Crippen molar-refractivity contribution in [3.8, 4) is 0 Å². The molecule has 0 amide bonds. The van der Waals surface area contributed by atoms with Gasteiger partial charge in [-0.25, -0.2) is 8.78 Å². The molecule has 0 spiro atoms. The number of nitrogens with zero attached hydrogens (tertiary/aromatic N) is 1. The van der Waals surface area contributed by atoms with Crippen LogP contribution in [0.1, 0.15) is 44.0 Å². The van der Waals surface area contributed by atoms with Gasteiger partial charge in [0.15, 0.2) is 0 Å². The highest BCUT2D eigenvalue weighted by molar-refractivity contribution is 9.10. The smallest absolute Gasteiger partial charge is 0.252 e. The minimum absolute atomic E-state index is 0.158. The summed E-state index contributed by atoms with van der Waals surface area (Å²) in [7, 11) is 0.